The number of hydrogen-bond acceptors (Lipinski definition) is 8. The number of hydrogen-bond donors (Lipinski definition) is 1. The zero-order valence-corrected chi connectivity index (χ0v) is 17.5. The van der Waals surface area contributed by atoms with Crippen molar-refractivity contribution in [2.75, 3.05) is 12.4 Å². The Morgan fingerprint density at radius 2 is 2.13 bits per heavy atom. The van der Waals surface area contributed by atoms with Crippen molar-refractivity contribution in [3.63, 3.8) is 0 Å². The molecule has 10 heteroatoms. The maximum Gasteiger partial charge on any atom is 0.230 e. The molecule has 31 heavy (non-hydrogen) atoms. The summed E-state index contributed by atoms with van der Waals surface area (Å²) < 4.78 is 35.4. The Labute approximate surface area is 179 Å². The van der Waals surface area contributed by atoms with Gasteiger partial charge in [0.05, 0.1) is 28.2 Å². The summed E-state index contributed by atoms with van der Waals surface area (Å²) in [5, 5.41) is 12.0. The van der Waals surface area contributed by atoms with E-state index in [1.807, 2.05) is 24.3 Å². The molecule has 1 aliphatic rings. The predicted molar refractivity (Wildman–Crippen MR) is 114 cm³/mol. The first-order valence-electron chi connectivity index (χ1n) is 9.51. The van der Waals surface area contributed by atoms with Gasteiger partial charge >= 0.3 is 0 Å². The van der Waals surface area contributed by atoms with Crippen LogP contribution in [0.4, 0.5) is 16.0 Å². The van der Waals surface area contributed by atoms with Crippen molar-refractivity contribution in [2.45, 2.75) is 23.8 Å². The summed E-state index contributed by atoms with van der Waals surface area (Å²) in [6.07, 6.45) is 4.73. The summed E-state index contributed by atoms with van der Waals surface area (Å²) in [4.78, 5) is 12.7. The molecule has 0 saturated heterocycles. The number of aromatic nitrogens is 3. The molecule has 0 aliphatic heterocycles. The van der Waals surface area contributed by atoms with E-state index < -0.39 is 15.5 Å². The van der Waals surface area contributed by atoms with Crippen LogP contribution in [0, 0.1) is 17.3 Å². The van der Waals surface area contributed by atoms with Crippen LogP contribution in [0.5, 0.6) is 5.75 Å². The minimum absolute atomic E-state index is 0.0134. The Morgan fingerprint density at radius 3 is 2.87 bits per heavy atom. The molecule has 1 N–H and O–H groups in total. The van der Waals surface area contributed by atoms with Crippen LogP contribution in [0.2, 0.25) is 0 Å². The van der Waals surface area contributed by atoms with E-state index in [1.165, 1.54) is 25.6 Å². The van der Waals surface area contributed by atoms with Gasteiger partial charge in [0.1, 0.15) is 17.9 Å². The number of rotatable bonds is 7. The molecule has 0 bridgehead atoms. The number of methoxy groups -OCH3 is 1. The fraction of sp³-hybridized carbons (Fsp3) is 0.238. The number of halogens is 1. The van der Waals surface area contributed by atoms with Crippen LogP contribution in [-0.4, -0.2) is 31.5 Å². The maximum atomic E-state index is 13.5. The number of nitriles is 1. The number of nitrogens with one attached hydrogen (secondary N) is 1. The SMILES string of the molecule is COc1cc(F)ccc1-c1ncnc(Nc2cccc(CS(=O)(=NC#N)C3CC3)c2)n1. The van der Waals surface area contributed by atoms with Crippen molar-refractivity contribution in [1.82, 2.24) is 15.0 Å². The monoisotopic (exact) mass is 438 g/mol. The van der Waals surface area contributed by atoms with E-state index >= 15 is 0 Å². The maximum absolute atomic E-state index is 13.5. The third-order valence-electron chi connectivity index (χ3n) is 4.77. The summed E-state index contributed by atoms with van der Waals surface area (Å²) in [7, 11) is -1.14. The molecule has 1 aliphatic carbocycles. The van der Waals surface area contributed by atoms with E-state index in [2.05, 4.69) is 24.6 Å². The van der Waals surface area contributed by atoms with Crippen LogP contribution in [0.25, 0.3) is 11.4 Å². The third-order valence-corrected chi connectivity index (χ3v) is 7.42. The van der Waals surface area contributed by atoms with Gasteiger partial charge in [-0.2, -0.15) is 10.2 Å². The highest BCUT2D eigenvalue weighted by atomic mass is 32.2. The number of nitrogens with zero attached hydrogens (tertiary/aromatic N) is 5. The lowest BCUT2D eigenvalue weighted by Gasteiger charge is -2.11. The van der Waals surface area contributed by atoms with Crippen molar-refractivity contribution in [1.29, 1.82) is 5.26 Å². The second-order valence-electron chi connectivity index (χ2n) is 7.03. The first kappa shape index (κ1) is 20.7. The van der Waals surface area contributed by atoms with Crippen LogP contribution in [0.15, 0.2) is 53.2 Å². The Morgan fingerprint density at radius 1 is 1.29 bits per heavy atom. The molecule has 1 aromatic heterocycles. The number of benzene rings is 2. The summed E-state index contributed by atoms with van der Waals surface area (Å²) in [6, 6.07) is 11.4. The zero-order chi connectivity index (χ0) is 21.8. The molecule has 1 atom stereocenters. The van der Waals surface area contributed by atoms with Gasteiger partial charge in [-0.1, -0.05) is 12.1 Å². The number of ether oxygens (including phenoxy) is 1. The third kappa shape index (κ3) is 4.78. The van der Waals surface area contributed by atoms with Crippen molar-refractivity contribution in [2.24, 2.45) is 4.36 Å². The Hall–Kier alpha value is -3.58. The van der Waals surface area contributed by atoms with Crippen LogP contribution < -0.4 is 10.1 Å². The van der Waals surface area contributed by atoms with Crippen LogP contribution in [-0.2, 0) is 15.5 Å². The van der Waals surface area contributed by atoms with Gasteiger partial charge in [0.25, 0.3) is 0 Å². The molecular weight excluding hydrogens is 419 g/mol. The van der Waals surface area contributed by atoms with Crippen LogP contribution in [0.1, 0.15) is 18.4 Å². The van der Waals surface area contributed by atoms with Gasteiger partial charge in [0.15, 0.2) is 5.82 Å². The fourth-order valence-electron chi connectivity index (χ4n) is 3.17. The highest BCUT2D eigenvalue weighted by Gasteiger charge is 2.34. The average molecular weight is 438 g/mol. The molecule has 0 radical (unpaired) electrons. The first-order chi connectivity index (χ1) is 15.0. The summed E-state index contributed by atoms with van der Waals surface area (Å²) in [5.74, 6) is 0.731. The van der Waals surface area contributed by atoms with Crippen molar-refractivity contribution in [3.05, 3.63) is 60.2 Å². The van der Waals surface area contributed by atoms with Gasteiger partial charge in [0, 0.05) is 17.0 Å². The minimum atomic E-state index is -2.59. The first-order valence-corrected chi connectivity index (χ1v) is 11.3. The van der Waals surface area contributed by atoms with Crippen molar-refractivity contribution >= 4 is 21.4 Å². The van der Waals surface area contributed by atoms with E-state index in [0.29, 0.717) is 22.8 Å². The minimum Gasteiger partial charge on any atom is -0.496 e. The topological polar surface area (TPSA) is 113 Å². The van der Waals surface area contributed by atoms with Gasteiger partial charge < -0.3 is 10.1 Å². The molecule has 8 nitrogen and oxygen atoms in total. The summed E-state index contributed by atoms with van der Waals surface area (Å²) in [6.45, 7) is 0. The van der Waals surface area contributed by atoms with E-state index in [-0.39, 0.29) is 17.0 Å². The highest BCUT2D eigenvalue weighted by molar-refractivity contribution is 7.93. The Balaban J connectivity index is 1.58. The van der Waals surface area contributed by atoms with E-state index in [0.717, 1.165) is 18.4 Å². The van der Waals surface area contributed by atoms with Gasteiger partial charge in [0.2, 0.25) is 12.1 Å². The molecule has 158 valence electrons. The van der Waals surface area contributed by atoms with E-state index in [1.54, 1.807) is 12.3 Å². The van der Waals surface area contributed by atoms with Crippen LogP contribution in [0.3, 0.4) is 0 Å². The van der Waals surface area contributed by atoms with Gasteiger partial charge in [-0.3, -0.25) is 0 Å². The lowest BCUT2D eigenvalue weighted by molar-refractivity contribution is 0.412. The molecular formula is C21H19FN6O2S. The smallest absolute Gasteiger partial charge is 0.230 e. The molecule has 2 aromatic carbocycles. The van der Waals surface area contributed by atoms with E-state index in [4.69, 9.17) is 10.00 Å². The fourth-order valence-corrected chi connectivity index (χ4v) is 5.29. The molecule has 4 rings (SSSR count). The standard InChI is InChI=1S/C21H19FN6O2S/c1-30-19-10-15(22)5-8-18(19)20-24-13-25-21(28-20)27-16-4-2-3-14(9-16)11-31(29,26-12-23)17-6-7-17/h2-5,8-10,13,17H,6-7,11H2,1H3,(H,24,25,27,28). The van der Waals surface area contributed by atoms with Gasteiger partial charge in [-0.05, 0) is 42.7 Å². The lowest BCUT2D eigenvalue weighted by Crippen LogP contribution is -2.09. The summed E-state index contributed by atoms with van der Waals surface area (Å²) >= 11 is 0. The Kier molecular flexibility index (Phi) is 5.77. The lowest BCUT2D eigenvalue weighted by atomic mass is 10.2. The zero-order valence-electron chi connectivity index (χ0n) is 16.7. The average Bonchev–Trinajstić information content (AvgIpc) is 3.60. The largest absolute Gasteiger partial charge is 0.496 e. The molecule has 1 fully saturated rings. The van der Waals surface area contributed by atoms with Gasteiger partial charge in [-0.25, -0.2) is 18.6 Å². The van der Waals surface area contributed by atoms with Crippen molar-refractivity contribution < 1.29 is 13.3 Å². The van der Waals surface area contributed by atoms with Gasteiger partial charge in [-0.15, -0.1) is 4.36 Å². The molecule has 1 saturated carbocycles. The van der Waals surface area contributed by atoms with Crippen LogP contribution >= 0.6 is 0 Å². The quantitative estimate of drug-likeness (QED) is 0.554. The van der Waals surface area contributed by atoms with E-state index in [9.17, 15) is 8.60 Å². The second-order valence-corrected chi connectivity index (χ2v) is 9.54. The molecule has 0 amide bonds. The van der Waals surface area contributed by atoms with Crippen molar-refractivity contribution in [3.8, 4) is 23.3 Å². The predicted octanol–water partition coefficient (Wildman–Crippen LogP) is 4.04. The molecule has 3 aromatic rings. The number of anilines is 2. The highest BCUT2D eigenvalue weighted by Crippen LogP contribution is 2.33. The molecule has 1 heterocycles. The Bertz CT molecular complexity index is 1280. The normalized spacial score (nSPS) is 14.9. The second kappa shape index (κ2) is 8.65. The summed E-state index contributed by atoms with van der Waals surface area (Å²) in [5.41, 5.74) is 2.02. The molecule has 0 spiro atoms. The molecule has 1 unspecified atom stereocenters.